The average molecular weight is 257 g/mol. The highest BCUT2D eigenvalue weighted by Crippen LogP contribution is 1.90. The molecule has 0 aliphatic heterocycles. The summed E-state index contributed by atoms with van der Waals surface area (Å²) in [6.45, 7) is 8.58. The van der Waals surface area contributed by atoms with Gasteiger partial charge in [0, 0.05) is 12.5 Å². The molecule has 0 rings (SSSR count). The summed E-state index contributed by atoms with van der Waals surface area (Å²) in [5.41, 5.74) is 0. The minimum Gasteiger partial charge on any atom is -0.352 e. The molecule has 0 spiro atoms. The fourth-order valence-electron chi connectivity index (χ4n) is 1.22. The summed E-state index contributed by atoms with van der Waals surface area (Å²) < 4.78 is 0. The number of rotatable bonds is 6. The summed E-state index contributed by atoms with van der Waals surface area (Å²) in [6, 6.07) is -1.25. The van der Waals surface area contributed by atoms with Gasteiger partial charge in [-0.05, 0) is 27.7 Å². The molecule has 6 nitrogen and oxygen atoms in total. The maximum atomic E-state index is 11.7. The molecule has 3 N–H and O–H groups in total. The van der Waals surface area contributed by atoms with E-state index in [0.29, 0.717) is 6.42 Å². The van der Waals surface area contributed by atoms with Crippen LogP contribution in [0.4, 0.5) is 0 Å². The second kappa shape index (κ2) is 7.68. The maximum Gasteiger partial charge on any atom is 0.242 e. The molecule has 0 unspecified atom stereocenters. The van der Waals surface area contributed by atoms with Gasteiger partial charge in [-0.3, -0.25) is 14.4 Å². The first-order chi connectivity index (χ1) is 8.27. The topological polar surface area (TPSA) is 87.3 Å². The highest BCUT2D eigenvalue weighted by Gasteiger charge is 2.20. The first kappa shape index (κ1) is 16.4. The lowest BCUT2D eigenvalue weighted by Crippen LogP contribution is -2.52. The molecule has 104 valence electrons. The van der Waals surface area contributed by atoms with E-state index >= 15 is 0 Å². The van der Waals surface area contributed by atoms with Gasteiger partial charge in [0.1, 0.15) is 12.1 Å². The lowest BCUT2D eigenvalue weighted by Gasteiger charge is -2.19. The molecule has 6 heteroatoms. The Morgan fingerprint density at radius 2 is 1.28 bits per heavy atom. The van der Waals surface area contributed by atoms with Gasteiger partial charge in [0.2, 0.25) is 17.7 Å². The Kier molecular flexibility index (Phi) is 7.00. The molecule has 0 aromatic carbocycles. The van der Waals surface area contributed by atoms with Crippen molar-refractivity contribution in [1.82, 2.24) is 16.0 Å². The molecule has 0 saturated carbocycles. The molecule has 0 aromatic rings. The molecule has 0 aliphatic carbocycles. The Labute approximate surface area is 108 Å². The first-order valence-corrected chi connectivity index (χ1v) is 6.18. The van der Waals surface area contributed by atoms with Crippen molar-refractivity contribution in [3.8, 4) is 0 Å². The molecular weight excluding hydrogens is 234 g/mol. The minimum absolute atomic E-state index is 0.0223. The van der Waals surface area contributed by atoms with Crippen LogP contribution in [0.25, 0.3) is 0 Å². The summed E-state index contributed by atoms with van der Waals surface area (Å²) in [6.07, 6.45) is 0.320. The van der Waals surface area contributed by atoms with E-state index in [1.165, 1.54) is 0 Å². The summed E-state index contributed by atoms with van der Waals surface area (Å²) in [5, 5.41) is 7.78. The number of amides is 3. The van der Waals surface area contributed by atoms with Crippen LogP contribution in [0.15, 0.2) is 0 Å². The van der Waals surface area contributed by atoms with Crippen molar-refractivity contribution in [3.05, 3.63) is 0 Å². The molecule has 0 radical (unpaired) electrons. The van der Waals surface area contributed by atoms with Crippen LogP contribution in [-0.2, 0) is 14.4 Å². The SMILES string of the molecule is CCC(=O)N[C@@H](C)C(=O)N[C@@H](C)C(=O)NC(C)C. The zero-order valence-corrected chi connectivity index (χ0v) is 11.7. The van der Waals surface area contributed by atoms with Crippen molar-refractivity contribution in [2.45, 2.75) is 59.2 Å². The van der Waals surface area contributed by atoms with Gasteiger partial charge < -0.3 is 16.0 Å². The molecule has 3 amide bonds. The van der Waals surface area contributed by atoms with E-state index in [1.54, 1.807) is 20.8 Å². The first-order valence-electron chi connectivity index (χ1n) is 6.18. The third-order valence-corrected chi connectivity index (χ3v) is 2.27. The Bertz CT molecular complexity index is 316. The molecule has 0 aromatic heterocycles. The van der Waals surface area contributed by atoms with Gasteiger partial charge in [-0.2, -0.15) is 0 Å². The zero-order chi connectivity index (χ0) is 14.3. The Morgan fingerprint density at radius 1 is 0.833 bits per heavy atom. The van der Waals surface area contributed by atoms with E-state index < -0.39 is 12.1 Å². The van der Waals surface area contributed by atoms with E-state index in [9.17, 15) is 14.4 Å². The van der Waals surface area contributed by atoms with Crippen LogP contribution in [0.3, 0.4) is 0 Å². The van der Waals surface area contributed by atoms with Crippen LogP contribution in [0.5, 0.6) is 0 Å². The Hall–Kier alpha value is -1.59. The van der Waals surface area contributed by atoms with Gasteiger partial charge in [0.25, 0.3) is 0 Å². The summed E-state index contributed by atoms with van der Waals surface area (Å²) >= 11 is 0. The molecule has 18 heavy (non-hydrogen) atoms. The highest BCUT2D eigenvalue weighted by atomic mass is 16.2. The number of carbonyl (C=O) groups excluding carboxylic acids is 3. The fraction of sp³-hybridized carbons (Fsp3) is 0.750. The van der Waals surface area contributed by atoms with Crippen molar-refractivity contribution >= 4 is 17.7 Å². The second-order valence-corrected chi connectivity index (χ2v) is 4.54. The fourth-order valence-corrected chi connectivity index (χ4v) is 1.22. The number of hydrogen-bond donors (Lipinski definition) is 3. The van der Waals surface area contributed by atoms with Gasteiger partial charge in [0.05, 0.1) is 0 Å². The van der Waals surface area contributed by atoms with Crippen LogP contribution >= 0.6 is 0 Å². The standard InChI is InChI=1S/C12H23N3O3/c1-6-10(16)14-8(4)12(18)15-9(5)11(17)13-7(2)3/h7-9H,6H2,1-5H3,(H,13,17)(H,14,16)(H,15,18)/t8-,9-/m0/s1. The lowest BCUT2D eigenvalue weighted by molar-refractivity contribution is -0.131. The smallest absolute Gasteiger partial charge is 0.242 e. The zero-order valence-electron chi connectivity index (χ0n) is 11.7. The Balaban J connectivity index is 4.21. The van der Waals surface area contributed by atoms with Crippen molar-refractivity contribution in [3.63, 3.8) is 0 Å². The average Bonchev–Trinajstić information content (AvgIpc) is 2.27. The monoisotopic (exact) mass is 257 g/mol. The van der Waals surface area contributed by atoms with Crippen LogP contribution < -0.4 is 16.0 Å². The van der Waals surface area contributed by atoms with Crippen LogP contribution in [-0.4, -0.2) is 35.8 Å². The van der Waals surface area contributed by atoms with E-state index in [2.05, 4.69) is 16.0 Å². The highest BCUT2D eigenvalue weighted by molar-refractivity contribution is 5.91. The third kappa shape index (κ3) is 6.22. The molecular formula is C12H23N3O3. The van der Waals surface area contributed by atoms with Crippen LogP contribution in [0, 0.1) is 0 Å². The predicted molar refractivity (Wildman–Crippen MR) is 68.8 cm³/mol. The summed E-state index contributed by atoms with van der Waals surface area (Å²) in [5.74, 6) is -0.812. The number of nitrogens with one attached hydrogen (secondary N) is 3. The van der Waals surface area contributed by atoms with Gasteiger partial charge in [-0.25, -0.2) is 0 Å². The van der Waals surface area contributed by atoms with E-state index in [1.807, 2.05) is 13.8 Å². The number of hydrogen-bond acceptors (Lipinski definition) is 3. The van der Waals surface area contributed by atoms with Crippen molar-refractivity contribution in [2.75, 3.05) is 0 Å². The van der Waals surface area contributed by atoms with E-state index in [0.717, 1.165) is 0 Å². The third-order valence-electron chi connectivity index (χ3n) is 2.27. The molecule has 0 bridgehead atoms. The minimum atomic E-state index is -0.647. The normalized spacial score (nSPS) is 13.7. The molecule has 0 heterocycles. The second-order valence-electron chi connectivity index (χ2n) is 4.54. The van der Waals surface area contributed by atoms with Gasteiger partial charge in [0.15, 0.2) is 0 Å². The Morgan fingerprint density at radius 3 is 1.72 bits per heavy atom. The molecule has 2 atom stereocenters. The van der Waals surface area contributed by atoms with Crippen LogP contribution in [0.1, 0.15) is 41.0 Å². The number of carbonyl (C=O) groups is 3. The van der Waals surface area contributed by atoms with Crippen LogP contribution in [0.2, 0.25) is 0 Å². The van der Waals surface area contributed by atoms with Crippen molar-refractivity contribution < 1.29 is 14.4 Å². The summed E-state index contributed by atoms with van der Waals surface area (Å²) in [7, 11) is 0. The largest absolute Gasteiger partial charge is 0.352 e. The van der Waals surface area contributed by atoms with Gasteiger partial charge >= 0.3 is 0 Å². The summed E-state index contributed by atoms with van der Waals surface area (Å²) in [4.78, 5) is 34.4. The quantitative estimate of drug-likeness (QED) is 0.622. The van der Waals surface area contributed by atoms with Gasteiger partial charge in [-0.1, -0.05) is 6.92 Å². The molecule has 0 fully saturated rings. The predicted octanol–water partition coefficient (Wildman–Crippen LogP) is -0.0696. The van der Waals surface area contributed by atoms with E-state index in [4.69, 9.17) is 0 Å². The maximum absolute atomic E-state index is 11.7. The van der Waals surface area contributed by atoms with Gasteiger partial charge in [-0.15, -0.1) is 0 Å². The molecule has 0 saturated heterocycles. The van der Waals surface area contributed by atoms with Crippen molar-refractivity contribution in [1.29, 1.82) is 0 Å². The molecule has 0 aliphatic rings. The lowest BCUT2D eigenvalue weighted by atomic mass is 10.2. The van der Waals surface area contributed by atoms with Crippen molar-refractivity contribution in [2.24, 2.45) is 0 Å². The van der Waals surface area contributed by atoms with E-state index in [-0.39, 0.29) is 23.8 Å².